The first-order valence-electron chi connectivity index (χ1n) is 3.53. The molecule has 0 fully saturated rings. The largest absolute Gasteiger partial charge is 0.280 e. The zero-order chi connectivity index (χ0) is 10.7. The fourth-order valence-corrected chi connectivity index (χ4v) is 2.15. The molecule has 0 aliphatic rings. The average molecular weight is 328 g/mol. The molecule has 1 heterocycles. The third-order valence-electron chi connectivity index (χ3n) is 1.57. The van der Waals surface area contributed by atoms with Crippen LogP contribution in [0.3, 0.4) is 0 Å². The van der Waals surface area contributed by atoms with Gasteiger partial charge in [-0.3, -0.25) is 0 Å². The number of alkyl halides is 3. The molecule has 1 rings (SSSR count). The minimum atomic E-state index is -2.67. The van der Waals surface area contributed by atoms with Gasteiger partial charge >= 0.3 is 0 Å². The van der Waals surface area contributed by atoms with Crippen LogP contribution in [0, 0.1) is 15.0 Å². The fourth-order valence-electron chi connectivity index (χ4n) is 0.898. The summed E-state index contributed by atoms with van der Waals surface area (Å²) in [6.45, 7) is 0. The number of hydrogen-bond acceptors (Lipinski definition) is 2. The van der Waals surface area contributed by atoms with E-state index >= 15 is 0 Å². The van der Waals surface area contributed by atoms with Gasteiger partial charge in [0.1, 0.15) is 9.39 Å². The molecule has 0 unspecified atom stereocenters. The zero-order valence-electron chi connectivity index (χ0n) is 6.77. The monoisotopic (exact) mass is 328 g/mol. The van der Waals surface area contributed by atoms with Gasteiger partial charge in [-0.25, -0.2) is 13.8 Å². The Balaban J connectivity index is 3.33. The van der Waals surface area contributed by atoms with E-state index in [4.69, 9.17) is 16.9 Å². The van der Waals surface area contributed by atoms with Crippen molar-refractivity contribution in [2.24, 2.45) is 0 Å². The zero-order valence-corrected chi connectivity index (χ0v) is 9.68. The molecular formula is C8H4ClF2IN2. The summed E-state index contributed by atoms with van der Waals surface area (Å²) in [5, 5.41) is 8.70. The van der Waals surface area contributed by atoms with Crippen LogP contribution in [-0.4, -0.2) is 4.98 Å². The highest BCUT2D eigenvalue weighted by atomic mass is 127. The first-order valence-corrected chi connectivity index (χ1v) is 5.15. The lowest BCUT2D eigenvalue weighted by molar-refractivity contribution is 0.146. The summed E-state index contributed by atoms with van der Waals surface area (Å²) in [4.78, 5) is 3.65. The van der Waals surface area contributed by atoms with E-state index in [0.717, 1.165) is 6.07 Å². The van der Waals surface area contributed by atoms with E-state index in [0.29, 0.717) is 9.26 Å². The van der Waals surface area contributed by atoms with E-state index < -0.39 is 6.43 Å². The predicted molar refractivity (Wildman–Crippen MR) is 56.2 cm³/mol. The number of nitrogens with zero attached hydrogens (tertiary/aromatic N) is 2. The van der Waals surface area contributed by atoms with Crippen molar-refractivity contribution in [2.75, 3.05) is 0 Å². The average Bonchev–Trinajstić information content (AvgIpc) is 2.16. The molecule has 2 nitrogen and oxygen atoms in total. The van der Waals surface area contributed by atoms with Gasteiger partial charge in [0.05, 0.1) is 17.5 Å². The summed E-state index contributed by atoms with van der Waals surface area (Å²) in [5.41, 5.74) is 0.272. The van der Waals surface area contributed by atoms with Gasteiger partial charge < -0.3 is 0 Å². The molecule has 0 N–H and O–H groups in total. The normalized spacial score (nSPS) is 10.3. The number of halogens is 4. The van der Waals surface area contributed by atoms with E-state index in [1.54, 1.807) is 22.6 Å². The number of hydrogen-bond donors (Lipinski definition) is 0. The van der Waals surface area contributed by atoms with E-state index in [-0.39, 0.29) is 17.1 Å². The number of rotatable bonds is 2. The second kappa shape index (κ2) is 4.84. The quantitative estimate of drug-likeness (QED) is 0.475. The van der Waals surface area contributed by atoms with E-state index in [2.05, 4.69) is 4.98 Å². The fraction of sp³-hybridized carbons (Fsp3) is 0.250. The molecule has 74 valence electrons. The molecule has 0 radical (unpaired) electrons. The van der Waals surface area contributed by atoms with E-state index in [9.17, 15) is 8.78 Å². The van der Waals surface area contributed by atoms with Crippen molar-refractivity contribution in [1.29, 1.82) is 5.26 Å². The van der Waals surface area contributed by atoms with Crippen LogP contribution < -0.4 is 0 Å². The molecule has 0 amide bonds. The standard InChI is InChI=1S/C8H4ClF2IN2/c9-2-5-4(3-13)1-6(7(10)11)14-8(5)12/h1,7H,2H2. The van der Waals surface area contributed by atoms with Crippen molar-refractivity contribution in [3.63, 3.8) is 0 Å². The van der Waals surface area contributed by atoms with E-state index in [1.807, 2.05) is 6.07 Å². The molecule has 0 atom stereocenters. The van der Waals surface area contributed by atoms with Gasteiger partial charge in [0.2, 0.25) is 0 Å². The van der Waals surface area contributed by atoms with Crippen molar-refractivity contribution in [3.8, 4) is 6.07 Å². The number of pyridine rings is 1. The van der Waals surface area contributed by atoms with Gasteiger partial charge in [-0.1, -0.05) is 0 Å². The summed E-state index contributed by atoms with van der Waals surface area (Å²) in [6, 6.07) is 2.89. The van der Waals surface area contributed by atoms with Crippen LogP contribution in [0.15, 0.2) is 6.07 Å². The Bertz CT molecular complexity index is 390. The lowest BCUT2D eigenvalue weighted by Crippen LogP contribution is -2.00. The molecule has 1 aromatic heterocycles. The maximum atomic E-state index is 12.3. The van der Waals surface area contributed by atoms with Crippen molar-refractivity contribution >= 4 is 34.2 Å². The highest BCUT2D eigenvalue weighted by Crippen LogP contribution is 2.23. The van der Waals surface area contributed by atoms with Gasteiger partial charge in [-0.2, -0.15) is 5.26 Å². The first-order chi connectivity index (χ1) is 6.60. The summed E-state index contributed by atoms with van der Waals surface area (Å²) in [6.07, 6.45) is -2.67. The Labute approximate surface area is 98.0 Å². The lowest BCUT2D eigenvalue weighted by Gasteiger charge is -2.05. The minimum Gasteiger partial charge on any atom is -0.240 e. The molecule has 0 saturated carbocycles. The van der Waals surface area contributed by atoms with Crippen LogP contribution in [0.2, 0.25) is 0 Å². The summed E-state index contributed by atoms with van der Waals surface area (Å²) < 4.78 is 24.9. The molecular weight excluding hydrogens is 324 g/mol. The topological polar surface area (TPSA) is 36.7 Å². The highest BCUT2D eigenvalue weighted by Gasteiger charge is 2.15. The van der Waals surface area contributed by atoms with Crippen LogP contribution in [0.25, 0.3) is 0 Å². The van der Waals surface area contributed by atoms with Crippen molar-refractivity contribution in [2.45, 2.75) is 12.3 Å². The summed E-state index contributed by atoms with van der Waals surface area (Å²) in [7, 11) is 0. The van der Waals surface area contributed by atoms with Crippen molar-refractivity contribution in [1.82, 2.24) is 4.98 Å². The Kier molecular flexibility index (Phi) is 4.01. The SMILES string of the molecule is N#Cc1cc(C(F)F)nc(I)c1CCl. The van der Waals surface area contributed by atoms with Gasteiger partial charge in [0.15, 0.2) is 0 Å². The Morgan fingerprint density at radius 3 is 2.71 bits per heavy atom. The van der Waals surface area contributed by atoms with E-state index in [1.165, 1.54) is 0 Å². The van der Waals surface area contributed by atoms with Crippen molar-refractivity contribution in [3.05, 3.63) is 26.6 Å². The van der Waals surface area contributed by atoms with Crippen LogP contribution in [0.4, 0.5) is 8.78 Å². The maximum absolute atomic E-state index is 12.3. The molecule has 1 aromatic rings. The third-order valence-corrected chi connectivity index (χ3v) is 2.73. The molecule has 0 aliphatic carbocycles. The second-order valence-corrected chi connectivity index (χ2v) is 3.70. The lowest BCUT2D eigenvalue weighted by atomic mass is 10.1. The van der Waals surface area contributed by atoms with Crippen LogP contribution in [0.1, 0.15) is 23.2 Å². The minimum absolute atomic E-state index is 0.0949. The van der Waals surface area contributed by atoms with Crippen molar-refractivity contribution < 1.29 is 8.78 Å². The highest BCUT2D eigenvalue weighted by molar-refractivity contribution is 14.1. The van der Waals surface area contributed by atoms with Gasteiger partial charge in [-0.05, 0) is 28.7 Å². The maximum Gasteiger partial charge on any atom is 0.280 e. The molecule has 0 bridgehead atoms. The molecule has 14 heavy (non-hydrogen) atoms. The second-order valence-electron chi connectivity index (χ2n) is 2.41. The predicted octanol–water partition coefficient (Wildman–Crippen LogP) is 3.23. The third kappa shape index (κ3) is 2.30. The van der Waals surface area contributed by atoms with Crippen LogP contribution in [0.5, 0.6) is 0 Å². The van der Waals surface area contributed by atoms with Gasteiger partial charge in [-0.15, -0.1) is 11.6 Å². The first kappa shape index (κ1) is 11.6. The molecule has 0 aromatic carbocycles. The van der Waals surface area contributed by atoms with Crippen LogP contribution in [-0.2, 0) is 5.88 Å². The summed E-state index contributed by atoms with van der Waals surface area (Å²) >= 11 is 7.35. The molecule has 6 heteroatoms. The Hall–Kier alpha value is -0.480. The Morgan fingerprint density at radius 1 is 1.64 bits per heavy atom. The Morgan fingerprint density at radius 2 is 2.29 bits per heavy atom. The summed E-state index contributed by atoms with van der Waals surface area (Å²) in [5.74, 6) is 0.0949. The molecule has 0 saturated heterocycles. The smallest absolute Gasteiger partial charge is 0.240 e. The molecule has 0 spiro atoms. The van der Waals surface area contributed by atoms with Gasteiger partial charge in [0, 0.05) is 5.56 Å². The molecule has 0 aliphatic heterocycles. The van der Waals surface area contributed by atoms with Gasteiger partial charge in [0.25, 0.3) is 6.43 Å². The number of nitriles is 1. The van der Waals surface area contributed by atoms with Crippen LogP contribution >= 0.6 is 34.2 Å². The number of aromatic nitrogens is 1.